The van der Waals surface area contributed by atoms with Crippen molar-refractivity contribution in [2.45, 2.75) is 70.0 Å². The van der Waals surface area contributed by atoms with Crippen LogP contribution in [0.15, 0.2) is 0 Å². The van der Waals surface area contributed by atoms with Gasteiger partial charge in [-0.25, -0.2) is 0 Å². The molecule has 4 fully saturated rings. The minimum Gasteiger partial charge on any atom is -0.373 e. The van der Waals surface area contributed by atoms with Crippen LogP contribution < -0.4 is 5.32 Å². The first-order valence-corrected chi connectivity index (χ1v) is 9.92. The molecule has 0 aromatic rings. The number of likely N-dealkylation sites (tertiary alicyclic amines) is 1. The quantitative estimate of drug-likeness (QED) is 0.784. The van der Waals surface area contributed by atoms with Gasteiger partial charge in [0.15, 0.2) is 0 Å². The minimum atomic E-state index is -0.343. The average Bonchev–Trinajstić information content (AvgIpc) is 3.24. The SMILES string of the molecule is O=C(CN1C(=O)[C@H]2[C@H](C1=O)[C@H]1CC[C@H]2O1)NCC1CCCCCCC1. The molecule has 0 aromatic heterocycles. The number of nitrogens with one attached hydrogen (secondary N) is 1. The van der Waals surface area contributed by atoms with Gasteiger partial charge in [-0.1, -0.05) is 32.1 Å². The summed E-state index contributed by atoms with van der Waals surface area (Å²) in [5, 5.41) is 2.96. The Bertz CT molecular complexity index is 528. The summed E-state index contributed by atoms with van der Waals surface area (Å²) < 4.78 is 5.71. The molecule has 138 valence electrons. The summed E-state index contributed by atoms with van der Waals surface area (Å²) >= 11 is 0. The monoisotopic (exact) mass is 348 g/mol. The first-order chi connectivity index (χ1) is 12.1. The van der Waals surface area contributed by atoms with Crippen molar-refractivity contribution in [2.24, 2.45) is 17.8 Å². The molecule has 25 heavy (non-hydrogen) atoms. The minimum absolute atomic E-state index is 0.116. The topological polar surface area (TPSA) is 75.7 Å². The largest absolute Gasteiger partial charge is 0.373 e. The molecule has 3 aliphatic heterocycles. The van der Waals surface area contributed by atoms with Crippen molar-refractivity contribution in [2.75, 3.05) is 13.1 Å². The van der Waals surface area contributed by atoms with E-state index in [9.17, 15) is 14.4 Å². The second-order valence-corrected chi connectivity index (χ2v) is 8.12. The molecule has 0 spiro atoms. The predicted molar refractivity (Wildman–Crippen MR) is 90.4 cm³/mol. The second kappa shape index (κ2) is 7.06. The molecular formula is C19H28N2O4. The molecule has 0 radical (unpaired) electrons. The van der Waals surface area contributed by atoms with Crippen LogP contribution in [0.2, 0.25) is 0 Å². The maximum absolute atomic E-state index is 12.6. The van der Waals surface area contributed by atoms with Crippen molar-refractivity contribution in [1.29, 1.82) is 0 Å². The van der Waals surface area contributed by atoms with Gasteiger partial charge < -0.3 is 10.1 Å². The first kappa shape index (κ1) is 17.0. The highest BCUT2D eigenvalue weighted by atomic mass is 16.5. The summed E-state index contributed by atoms with van der Waals surface area (Å²) in [6, 6.07) is 0. The molecule has 0 unspecified atom stereocenters. The molecule has 3 amide bonds. The van der Waals surface area contributed by atoms with Gasteiger partial charge in [0.25, 0.3) is 0 Å². The number of hydrogen-bond acceptors (Lipinski definition) is 4. The molecule has 6 heteroatoms. The molecule has 2 bridgehead atoms. The Labute approximate surface area is 148 Å². The lowest BCUT2D eigenvalue weighted by atomic mass is 9.81. The molecule has 3 heterocycles. The van der Waals surface area contributed by atoms with Crippen LogP contribution >= 0.6 is 0 Å². The average molecular weight is 348 g/mol. The number of carbonyl (C=O) groups is 3. The smallest absolute Gasteiger partial charge is 0.240 e. The third-order valence-corrected chi connectivity index (χ3v) is 6.49. The Kier molecular flexibility index (Phi) is 4.80. The Morgan fingerprint density at radius 1 is 0.920 bits per heavy atom. The number of amides is 3. The number of ether oxygens (including phenoxy) is 1. The number of nitrogens with zero attached hydrogens (tertiary/aromatic N) is 1. The second-order valence-electron chi connectivity index (χ2n) is 8.12. The number of hydrogen-bond donors (Lipinski definition) is 1. The van der Waals surface area contributed by atoms with Gasteiger partial charge in [0.1, 0.15) is 6.54 Å². The third-order valence-electron chi connectivity index (χ3n) is 6.49. The maximum atomic E-state index is 12.6. The standard InChI is InChI=1S/C19H28N2O4/c22-15(20-10-12-6-4-2-1-3-5-7-12)11-21-18(23)16-13-8-9-14(25-13)17(16)19(21)24/h12-14,16-17H,1-11H2,(H,20,22)/t13-,14-,16-,17-/m1/s1. The zero-order chi connectivity index (χ0) is 17.4. The van der Waals surface area contributed by atoms with Crippen molar-refractivity contribution in [3.8, 4) is 0 Å². The van der Waals surface area contributed by atoms with E-state index in [2.05, 4.69) is 5.32 Å². The van der Waals surface area contributed by atoms with Gasteiger partial charge in [-0.3, -0.25) is 19.3 Å². The maximum Gasteiger partial charge on any atom is 0.240 e. The third kappa shape index (κ3) is 3.21. The Balaban J connectivity index is 1.29. The summed E-state index contributed by atoms with van der Waals surface area (Å²) in [5.74, 6) is -0.782. The van der Waals surface area contributed by atoms with Crippen molar-refractivity contribution < 1.29 is 19.1 Å². The predicted octanol–water partition coefficient (Wildman–Crippen LogP) is 1.63. The van der Waals surface area contributed by atoms with Crippen LogP contribution in [-0.4, -0.2) is 47.9 Å². The highest BCUT2D eigenvalue weighted by molar-refractivity contribution is 6.08. The zero-order valence-electron chi connectivity index (χ0n) is 14.7. The molecule has 1 N–H and O–H groups in total. The molecule has 4 aliphatic rings. The number of rotatable bonds is 4. The van der Waals surface area contributed by atoms with E-state index in [1.165, 1.54) is 37.0 Å². The normalized spacial score (nSPS) is 35.6. The molecule has 4 rings (SSSR count). The summed E-state index contributed by atoms with van der Waals surface area (Å²) in [7, 11) is 0. The lowest BCUT2D eigenvalue weighted by Crippen LogP contribution is -2.43. The fourth-order valence-corrected chi connectivity index (χ4v) is 5.13. The van der Waals surface area contributed by atoms with Gasteiger partial charge in [0.05, 0.1) is 24.0 Å². The van der Waals surface area contributed by atoms with E-state index in [1.54, 1.807) is 0 Å². The lowest BCUT2D eigenvalue weighted by molar-refractivity contribution is -0.146. The Morgan fingerprint density at radius 2 is 1.48 bits per heavy atom. The van der Waals surface area contributed by atoms with Crippen molar-refractivity contribution in [3.63, 3.8) is 0 Å². The van der Waals surface area contributed by atoms with Crippen molar-refractivity contribution in [1.82, 2.24) is 10.2 Å². The van der Waals surface area contributed by atoms with E-state index in [1.807, 2.05) is 0 Å². The molecule has 1 saturated carbocycles. The zero-order valence-corrected chi connectivity index (χ0v) is 14.7. The highest BCUT2D eigenvalue weighted by Gasteiger charge is 2.62. The van der Waals surface area contributed by atoms with Gasteiger partial charge >= 0.3 is 0 Å². The van der Waals surface area contributed by atoms with E-state index in [-0.39, 0.29) is 48.3 Å². The fraction of sp³-hybridized carbons (Fsp3) is 0.842. The number of imide groups is 1. The van der Waals surface area contributed by atoms with Gasteiger partial charge in [-0.2, -0.15) is 0 Å². The van der Waals surface area contributed by atoms with Crippen molar-refractivity contribution in [3.05, 3.63) is 0 Å². The van der Waals surface area contributed by atoms with Crippen LogP contribution in [0.3, 0.4) is 0 Å². The van der Waals surface area contributed by atoms with Gasteiger partial charge in [0.2, 0.25) is 17.7 Å². The van der Waals surface area contributed by atoms with Gasteiger partial charge in [0, 0.05) is 6.54 Å². The van der Waals surface area contributed by atoms with Crippen LogP contribution in [0.25, 0.3) is 0 Å². The summed E-state index contributed by atoms with van der Waals surface area (Å²) in [6.45, 7) is 0.535. The van der Waals surface area contributed by atoms with E-state index in [0.717, 1.165) is 25.7 Å². The van der Waals surface area contributed by atoms with E-state index >= 15 is 0 Å². The highest BCUT2D eigenvalue weighted by Crippen LogP contribution is 2.48. The molecule has 6 nitrogen and oxygen atoms in total. The van der Waals surface area contributed by atoms with Crippen LogP contribution in [0.5, 0.6) is 0 Å². The fourth-order valence-electron chi connectivity index (χ4n) is 5.13. The Hall–Kier alpha value is -1.43. The molecule has 0 aromatic carbocycles. The summed E-state index contributed by atoms with van der Waals surface area (Å²) in [5.41, 5.74) is 0. The molecular weight excluding hydrogens is 320 g/mol. The lowest BCUT2D eigenvalue weighted by Gasteiger charge is -2.21. The summed E-state index contributed by atoms with van der Waals surface area (Å²) in [6.07, 6.45) is 10.2. The van der Waals surface area contributed by atoms with Crippen LogP contribution in [0.1, 0.15) is 57.8 Å². The summed E-state index contributed by atoms with van der Waals surface area (Å²) in [4.78, 5) is 38.6. The van der Waals surface area contributed by atoms with Gasteiger partial charge in [-0.05, 0) is 31.6 Å². The van der Waals surface area contributed by atoms with Crippen LogP contribution in [0, 0.1) is 17.8 Å². The molecule has 1 aliphatic carbocycles. The van der Waals surface area contributed by atoms with Crippen molar-refractivity contribution >= 4 is 17.7 Å². The van der Waals surface area contributed by atoms with E-state index < -0.39 is 0 Å². The van der Waals surface area contributed by atoms with E-state index in [0.29, 0.717) is 12.5 Å². The first-order valence-electron chi connectivity index (χ1n) is 9.92. The molecule has 4 atom stereocenters. The molecule has 3 saturated heterocycles. The van der Waals surface area contributed by atoms with E-state index in [4.69, 9.17) is 4.74 Å². The van der Waals surface area contributed by atoms with Crippen LogP contribution in [-0.2, 0) is 19.1 Å². The number of fused-ring (bicyclic) bond motifs is 5. The van der Waals surface area contributed by atoms with Gasteiger partial charge in [-0.15, -0.1) is 0 Å². The number of carbonyl (C=O) groups excluding carboxylic acids is 3. The van der Waals surface area contributed by atoms with Crippen LogP contribution in [0.4, 0.5) is 0 Å². The Morgan fingerprint density at radius 3 is 2.08 bits per heavy atom.